The van der Waals surface area contributed by atoms with Gasteiger partial charge in [-0.25, -0.2) is 4.98 Å². The first-order chi connectivity index (χ1) is 25.1. The summed E-state index contributed by atoms with van der Waals surface area (Å²) in [5.41, 5.74) is 12.0. The number of para-hydroxylation sites is 1. The molecule has 2 unspecified atom stereocenters. The van der Waals surface area contributed by atoms with Crippen LogP contribution >= 0.6 is 0 Å². The molecule has 51 heavy (non-hydrogen) atoms. The molecule has 3 heterocycles. The molecule has 3 aromatic heterocycles. The van der Waals surface area contributed by atoms with Gasteiger partial charge in [0.25, 0.3) is 0 Å². The molecule has 0 N–H and O–H groups in total. The summed E-state index contributed by atoms with van der Waals surface area (Å²) in [7, 11) is 0. The van der Waals surface area contributed by atoms with Gasteiger partial charge in [-0.05, 0) is 101 Å². The molecule has 0 amide bonds. The Hall–Kier alpha value is -7.20. The average Bonchev–Trinajstić information content (AvgIpc) is 3.71. The van der Waals surface area contributed by atoms with Crippen molar-refractivity contribution in [3.8, 4) is 51.8 Å². The van der Waals surface area contributed by atoms with Gasteiger partial charge < -0.3 is 4.57 Å². The largest absolute Gasteiger partial charge is 0.309 e. The zero-order chi connectivity index (χ0) is 34.6. The van der Waals surface area contributed by atoms with Crippen LogP contribution in [0.15, 0.2) is 134 Å². The summed E-state index contributed by atoms with van der Waals surface area (Å²) in [6, 6.07) is 48.0. The molecule has 2 atom stereocenters. The molecule has 6 nitrogen and oxygen atoms in total. The fourth-order valence-corrected chi connectivity index (χ4v) is 7.83. The molecule has 9 rings (SSSR count). The van der Waals surface area contributed by atoms with Crippen LogP contribution in [0, 0.1) is 39.9 Å². The van der Waals surface area contributed by atoms with E-state index in [0.717, 1.165) is 77.7 Å². The van der Waals surface area contributed by atoms with Crippen molar-refractivity contribution in [3.63, 3.8) is 0 Å². The van der Waals surface area contributed by atoms with Crippen molar-refractivity contribution in [1.82, 2.24) is 14.1 Å². The maximum Gasteiger partial charge on any atom is 0.145 e. The van der Waals surface area contributed by atoms with E-state index in [2.05, 4.69) is 101 Å². The van der Waals surface area contributed by atoms with E-state index in [0.29, 0.717) is 11.1 Å². The van der Waals surface area contributed by atoms with E-state index in [1.807, 2.05) is 72.9 Å². The summed E-state index contributed by atoms with van der Waals surface area (Å²) in [5, 5.41) is 32.8. The Morgan fingerprint density at radius 1 is 0.608 bits per heavy atom. The molecule has 0 saturated carbocycles. The number of nitrogens with zero attached hydrogens (tertiary/aromatic N) is 6. The third kappa shape index (κ3) is 4.65. The van der Waals surface area contributed by atoms with Crippen molar-refractivity contribution >= 4 is 38.9 Å². The lowest BCUT2D eigenvalue weighted by Gasteiger charge is -2.22. The molecule has 0 bridgehead atoms. The second-order valence-electron chi connectivity index (χ2n) is 13.0. The lowest BCUT2D eigenvalue weighted by molar-refractivity contribution is 0.654. The average molecular weight is 653 g/mol. The molecule has 0 aliphatic heterocycles. The number of hydrogen-bond donors (Lipinski definition) is 0. The molecule has 6 heteroatoms. The number of hydrogen-bond acceptors (Lipinski definition) is 4. The van der Waals surface area contributed by atoms with Crippen LogP contribution in [0.5, 0.6) is 0 Å². The van der Waals surface area contributed by atoms with Crippen LogP contribution in [-0.4, -0.2) is 14.1 Å². The molecule has 0 radical (unpaired) electrons. The highest BCUT2D eigenvalue weighted by Crippen LogP contribution is 2.44. The highest BCUT2D eigenvalue weighted by atomic mass is 15.1. The first-order valence-electron chi connectivity index (χ1n) is 16.8. The van der Waals surface area contributed by atoms with Crippen molar-refractivity contribution < 1.29 is 0 Å². The number of rotatable bonds is 4. The molecule has 0 saturated heterocycles. The number of benzene rings is 5. The number of allylic oxidation sites excluding steroid dienone is 1. The summed E-state index contributed by atoms with van der Waals surface area (Å²) >= 11 is 0. The van der Waals surface area contributed by atoms with Crippen LogP contribution < -0.4 is 0 Å². The third-order valence-corrected chi connectivity index (χ3v) is 10.2. The van der Waals surface area contributed by atoms with Gasteiger partial charge in [0.1, 0.15) is 5.65 Å². The highest BCUT2D eigenvalue weighted by Gasteiger charge is 2.29. The van der Waals surface area contributed by atoms with Crippen LogP contribution in [-0.2, 0) is 0 Å². The summed E-state index contributed by atoms with van der Waals surface area (Å²) < 4.78 is 4.49. The standard InChI is InChI=1S/C45H28N6/c1-28-32(27-48)16-18-43-44(28)40-21-30(26-47)15-17-42(40)50(43)34-22-33(37-11-3-2-10-36(37)31-9-6-8-29(20-31)25-46)23-35(24-34)51-41-14-5-4-12-38(41)39-13-7-19-49-45(39)51/h2-24,28,32H,1H3. The van der Waals surface area contributed by atoms with Crippen molar-refractivity contribution in [2.24, 2.45) is 5.92 Å². The van der Waals surface area contributed by atoms with E-state index in [4.69, 9.17) is 4.98 Å². The van der Waals surface area contributed by atoms with Crippen LogP contribution in [0.25, 0.3) is 72.5 Å². The Morgan fingerprint density at radius 2 is 1.31 bits per heavy atom. The zero-order valence-corrected chi connectivity index (χ0v) is 27.6. The summed E-state index contributed by atoms with van der Waals surface area (Å²) in [6.45, 7) is 2.09. The number of fused-ring (bicyclic) bond motifs is 6. The summed E-state index contributed by atoms with van der Waals surface area (Å²) in [6.07, 6.45) is 5.89. The van der Waals surface area contributed by atoms with Gasteiger partial charge >= 0.3 is 0 Å². The molecule has 238 valence electrons. The highest BCUT2D eigenvalue weighted by molar-refractivity contribution is 6.08. The molecule has 8 aromatic rings. The summed E-state index contributed by atoms with van der Waals surface area (Å²) in [4.78, 5) is 4.89. The molecule has 1 aliphatic rings. The van der Waals surface area contributed by atoms with E-state index < -0.39 is 0 Å². The predicted molar refractivity (Wildman–Crippen MR) is 202 cm³/mol. The normalized spacial score (nSPS) is 15.0. The number of nitriles is 3. The topological polar surface area (TPSA) is 94.1 Å². The number of aromatic nitrogens is 3. The summed E-state index contributed by atoms with van der Waals surface area (Å²) in [5.74, 6) is -0.339. The molecule has 0 fully saturated rings. The maximum absolute atomic E-state index is 10.0. The Balaban J connectivity index is 1.39. The van der Waals surface area contributed by atoms with Gasteiger partial charge in [-0.15, -0.1) is 0 Å². The van der Waals surface area contributed by atoms with E-state index in [1.165, 1.54) is 0 Å². The fraction of sp³-hybridized carbons (Fsp3) is 0.0667. The SMILES string of the molecule is CC1c2c(n(-c3cc(-c4ccccc4-c4cccc(C#N)c4)cc(-n4c5ccccc5c5cccnc54)c3)c3ccc(C#N)cc23)C=CC1C#N. The van der Waals surface area contributed by atoms with Crippen molar-refractivity contribution in [2.75, 3.05) is 0 Å². The molecular formula is C45H28N6. The van der Waals surface area contributed by atoms with E-state index in [1.54, 1.807) is 0 Å². The van der Waals surface area contributed by atoms with Crippen molar-refractivity contribution in [2.45, 2.75) is 12.8 Å². The smallest absolute Gasteiger partial charge is 0.145 e. The van der Waals surface area contributed by atoms with Gasteiger partial charge in [-0.1, -0.05) is 67.6 Å². The Morgan fingerprint density at radius 3 is 2.12 bits per heavy atom. The Bertz CT molecular complexity index is 2830. The fourth-order valence-electron chi connectivity index (χ4n) is 7.83. The number of pyridine rings is 1. The third-order valence-electron chi connectivity index (χ3n) is 10.2. The monoisotopic (exact) mass is 652 g/mol. The zero-order valence-electron chi connectivity index (χ0n) is 27.6. The predicted octanol–water partition coefficient (Wildman–Crippen LogP) is 10.5. The minimum Gasteiger partial charge on any atom is -0.309 e. The van der Waals surface area contributed by atoms with Crippen molar-refractivity contribution in [1.29, 1.82) is 15.8 Å². The van der Waals surface area contributed by atoms with Gasteiger partial charge in [-0.3, -0.25) is 4.57 Å². The van der Waals surface area contributed by atoms with Crippen LogP contribution in [0.3, 0.4) is 0 Å². The molecule has 1 aliphatic carbocycles. The maximum atomic E-state index is 10.0. The van der Waals surface area contributed by atoms with Crippen molar-refractivity contribution in [3.05, 3.63) is 156 Å². The van der Waals surface area contributed by atoms with E-state index in [9.17, 15) is 15.8 Å². The first-order valence-corrected chi connectivity index (χ1v) is 16.8. The van der Waals surface area contributed by atoms with Gasteiger partial charge in [-0.2, -0.15) is 15.8 Å². The van der Waals surface area contributed by atoms with E-state index in [-0.39, 0.29) is 11.8 Å². The quantitative estimate of drug-likeness (QED) is 0.189. The Kier molecular flexibility index (Phi) is 6.89. The lowest BCUT2D eigenvalue weighted by atomic mass is 9.82. The van der Waals surface area contributed by atoms with Gasteiger partial charge in [0, 0.05) is 34.0 Å². The first kappa shape index (κ1) is 29.9. The van der Waals surface area contributed by atoms with E-state index >= 15 is 0 Å². The van der Waals surface area contributed by atoms with Gasteiger partial charge in [0.2, 0.25) is 0 Å². The van der Waals surface area contributed by atoms with Gasteiger partial charge in [0.05, 0.1) is 57.7 Å². The second-order valence-corrected chi connectivity index (χ2v) is 13.0. The molecular weight excluding hydrogens is 625 g/mol. The van der Waals surface area contributed by atoms with Crippen LogP contribution in [0.2, 0.25) is 0 Å². The van der Waals surface area contributed by atoms with Gasteiger partial charge in [0.15, 0.2) is 0 Å². The second kappa shape index (κ2) is 11.7. The minimum absolute atomic E-state index is 0.0648. The molecule has 0 spiro atoms. The minimum atomic E-state index is -0.274. The molecule has 5 aromatic carbocycles. The van der Waals surface area contributed by atoms with Crippen LogP contribution in [0.1, 0.15) is 35.2 Å². The Labute approximate surface area is 294 Å². The van der Waals surface area contributed by atoms with Crippen LogP contribution in [0.4, 0.5) is 0 Å². The lowest BCUT2D eigenvalue weighted by Crippen LogP contribution is -2.11.